The minimum Gasteiger partial charge on any atom is -0.421 e. The minimum absolute atomic E-state index is 0.0791. The smallest absolute Gasteiger partial charge is 0.362 e. The summed E-state index contributed by atoms with van der Waals surface area (Å²) < 4.78 is 4.82. The fourth-order valence-corrected chi connectivity index (χ4v) is 1.14. The highest BCUT2D eigenvalue weighted by molar-refractivity contribution is 5.85. The maximum atomic E-state index is 11.2. The van der Waals surface area contributed by atoms with Gasteiger partial charge >= 0.3 is 11.9 Å². The molecule has 1 rings (SSSR count). The molecule has 0 saturated carbocycles. The molecule has 8 heteroatoms. The lowest BCUT2D eigenvalue weighted by Gasteiger charge is -2.14. The van der Waals surface area contributed by atoms with Crippen LogP contribution in [0.1, 0.15) is 0 Å². The van der Waals surface area contributed by atoms with Crippen LogP contribution in [0.3, 0.4) is 0 Å². The first kappa shape index (κ1) is 14.9. The molecule has 8 nitrogen and oxygen atoms in total. The van der Waals surface area contributed by atoms with Gasteiger partial charge in [-0.2, -0.15) is 0 Å². The van der Waals surface area contributed by atoms with Crippen LogP contribution in [0, 0.1) is 10.1 Å². The van der Waals surface area contributed by atoms with E-state index >= 15 is 0 Å². The summed E-state index contributed by atoms with van der Waals surface area (Å²) >= 11 is 0. The molecule has 0 radical (unpaired) electrons. The van der Waals surface area contributed by atoms with E-state index in [0.29, 0.717) is 0 Å². The van der Waals surface area contributed by atoms with Crippen molar-refractivity contribution in [2.24, 2.45) is 0 Å². The third-order valence-electron chi connectivity index (χ3n) is 1.94. The van der Waals surface area contributed by atoms with E-state index in [1.165, 1.54) is 24.3 Å². The van der Waals surface area contributed by atoms with Crippen molar-refractivity contribution in [1.29, 1.82) is 0 Å². The molecule has 0 amide bonds. The van der Waals surface area contributed by atoms with E-state index in [0.717, 1.165) is 12.2 Å². The van der Waals surface area contributed by atoms with Crippen LogP contribution < -0.4 is 9.91 Å². The topological polar surface area (TPSA) is 99.0 Å². The summed E-state index contributed by atoms with van der Waals surface area (Å²) in [6, 6.07) is 5.47. The minimum atomic E-state index is -1.04. The van der Waals surface area contributed by atoms with Gasteiger partial charge in [0.1, 0.15) is 0 Å². The number of carbonyl (C=O) groups is 2. The van der Waals surface area contributed by atoms with Crippen molar-refractivity contribution >= 4 is 17.6 Å². The van der Waals surface area contributed by atoms with Crippen molar-refractivity contribution in [2.45, 2.75) is 0 Å². The highest BCUT2D eigenvalue weighted by Gasteiger charge is 2.26. The van der Waals surface area contributed by atoms with Crippen LogP contribution in [0.5, 0.6) is 5.75 Å². The molecule has 0 saturated heterocycles. The highest BCUT2D eigenvalue weighted by atomic mass is 16.8. The standard InChI is InChI=1S/C12H10N2O6/c1-3-11(15)19-10-8-6-5-7-9(10)13(14(17)18)20-12(16)4-2/h3-8H,1-2H2. The van der Waals surface area contributed by atoms with E-state index in [4.69, 9.17) is 4.74 Å². The number of hydrazine groups is 1. The van der Waals surface area contributed by atoms with Crippen molar-refractivity contribution < 1.29 is 24.2 Å². The molecule has 0 fully saturated rings. The van der Waals surface area contributed by atoms with Gasteiger partial charge in [-0.15, -0.1) is 0 Å². The molecule has 20 heavy (non-hydrogen) atoms. The van der Waals surface area contributed by atoms with Gasteiger partial charge in [0.15, 0.2) is 11.4 Å². The quantitative estimate of drug-likeness (QED) is 0.255. The Bertz CT molecular complexity index is 569. The van der Waals surface area contributed by atoms with Gasteiger partial charge in [0.05, 0.1) is 5.17 Å². The van der Waals surface area contributed by atoms with Crippen molar-refractivity contribution in [1.82, 2.24) is 0 Å². The average Bonchev–Trinajstić information content (AvgIpc) is 2.44. The Morgan fingerprint density at radius 3 is 2.35 bits per heavy atom. The molecule has 0 heterocycles. The van der Waals surface area contributed by atoms with Crippen molar-refractivity contribution in [3.8, 4) is 5.75 Å². The van der Waals surface area contributed by atoms with Crippen molar-refractivity contribution in [3.63, 3.8) is 0 Å². The third-order valence-corrected chi connectivity index (χ3v) is 1.94. The molecule has 0 N–H and O–H groups in total. The molecule has 0 spiro atoms. The van der Waals surface area contributed by atoms with Crippen LogP contribution >= 0.6 is 0 Å². The van der Waals surface area contributed by atoms with Crippen LogP contribution in [0.15, 0.2) is 49.6 Å². The van der Waals surface area contributed by atoms with Crippen LogP contribution in [0.4, 0.5) is 5.69 Å². The zero-order valence-electron chi connectivity index (χ0n) is 10.2. The van der Waals surface area contributed by atoms with Crippen LogP contribution in [0.25, 0.3) is 0 Å². The number of hydrogen-bond donors (Lipinski definition) is 0. The van der Waals surface area contributed by atoms with Gasteiger partial charge in [0, 0.05) is 12.2 Å². The lowest BCUT2D eigenvalue weighted by atomic mass is 10.3. The molecule has 104 valence electrons. The lowest BCUT2D eigenvalue weighted by Crippen LogP contribution is -2.32. The SMILES string of the molecule is C=CC(=O)Oc1ccccc1N(OC(=O)C=C)[N+](=O)[O-]. The Labute approximate surface area is 113 Å². The molecule has 0 unspecified atom stereocenters. The molecule has 1 aromatic rings. The highest BCUT2D eigenvalue weighted by Crippen LogP contribution is 2.28. The number of benzene rings is 1. The van der Waals surface area contributed by atoms with Crippen molar-refractivity contribution in [2.75, 3.05) is 5.17 Å². The first-order chi connectivity index (χ1) is 9.49. The number of rotatable bonds is 6. The molecular formula is C12H10N2O6. The maximum absolute atomic E-state index is 11.2. The van der Waals surface area contributed by atoms with E-state index in [1.807, 2.05) is 0 Å². The van der Waals surface area contributed by atoms with Gasteiger partial charge in [-0.1, -0.05) is 25.3 Å². The third kappa shape index (κ3) is 3.67. The van der Waals surface area contributed by atoms with Gasteiger partial charge in [-0.3, -0.25) is 4.84 Å². The summed E-state index contributed by atoms with van der Waals surface area (Å²) in [4.78, 5) is 37.6. The van der Waals surface area contributed by atoms with Crippen molar-refractivity contribution in [3.05, 3.63) is 59.7 Å². The van der Waals surface area contributed by atoms with Gasteiger partial charge in [-0.05, 0) is 12.1 Å². The van der Waals surface area contributed by atoms with E-state index in [2.05, 4.69) is 18.0 Å². The second-order valence-corrected chi connectivity index (χ2v) is 3.22. The Hall–Kier alpha value is -3.16. The number of nitrogens with zero attached hydrogens (tertiary/aromatic N) is 2. The van der Waals surface area contributed by atoms with Gasteiger partial charge < -0.3 is 4.74 Å². The number of ether oxygens (including phenoxy) is 1. The second kappa shape index (κ2) is 6.69. The second-order valence-electron chi connectivity index (χ2n) is 3.22. The molecule has 0 bridgehead atoms. The summed E-state index contributed by atoms with van der Waals surface area (Å²) in [5.41, 5.74) is -0.233. The van der Waals surface area contributed by atoms with Crippen LogP contribution in [-0.4, -0.2) is 17.0 Å². The van der Waals surface area contributed by atoms with Gasteiger partial charge in [0.2, 0.25) is 5.03 Å². The summed E-state index contributed by atoms with van der Waals surface area (Å²) in [5.74, 6) is -2.01. The molecule has 0 aliphatic rings. The van der Waals surface area contributed by atoms with E-state index in [9.17, 15) is 19.7 Å². The molecule has 0 aliphatic heterocycles. The average molecular weight is 278 g/mol. The van der Waals surface area contributed by atoms with Crippen LogP contribution in [0.2, 0.25) is 0 Å². The van der Waals surface area contributed by atoms with E-state index in [-0.39, 0.29) is 16.6 Å². The molecular weight excluding hydrogens is 268 g/mol. The number of esters is 1. The first-order valence-electron chi connectivity index (χ1n) is 5.21. The fourth-order valence-electron chi connectivity index (χ4n) is 1.14. The number of nitro groups is 1. The monoisotopic (exact) mass is 278 g/mol. The molecule has 0 aliphatic carbocycles. The zero-order valence-corrected chi connectivity index (χ0v) is 10.2. The van der Waals surface area contributed by atoms with Gasteiger partial charge in [0.25, 0.3) is 0 Å². The summed E-state index contributed by atoms with van der Waals surface area (Å²) in [6.45, 7) is 6.34. The Morgan fingerprint density at radius 2 is 1.80 bits per heavy atom. The summed E-state index contributed by atoms with van der Waals surface area (Å²) in [6.07, 6.45) is 1.65. The van der Waals surface area contributed by atoms with Crippen LogP contribution in [-0.2, 0) is 14.4 Å². The van der Waals surface area contributed by atoms with E-state index in [1.54, 1.807) is 0 Å². The lowest BCUT2D eigenvalue weighted by molar-refractivity contribution is -0.539. The normalized spacial score (nSPS) is 9.20. The van der Waals surface area contributed by atoms with E-state index < -0.39 is 17.0 Å². The Kier molecular flexibility index (Phi) is 4.98. The molecule has 0 atom stereocenters. The number of anilines is 1. The van der Waals surface area contributed by atoms with Gasteiger partial charge in [-0.25, -0.2) is 19.7 Å². The predicted molar refractivity (Wildman–Crippen MR) is 68.0 cm³/mol. The largest absolute Gasteiger partial charge is 0.421 e. The number of para-hydroxylation sites is 2. The molecule has 0 aromatic heterocycles. The fraction of sp³-hybridized carbons (Fsp3) is 0. The zero-order chi connectivity index (χ0) is 15.1. The molecule has 1 aromatic carbocycles. The summed E-state index contributed by atoms with van der Waals surface area (Å²) in [7, 11) is 0. The predicted octanol–water partition coefficient (Wildman–Crippen LogP) is 1.42. The maximum Gasteiger partial charge on any atom is 0.362 e. The first-order valence-corrected chi connectivity index (χ1v) is 5.21. The Balaban J connectivity index is 3.16. The summed E-state index contributed by atoms with van der Waals surface area (Å²) in [5, 5.41) is 10.0. The number of carbonyl (C=O) groups excluding carboxylic acids is 2. The number of hydrogen-bond acceptors (Lipinski definition) is 6. The Morgan fingerprint density at radius 1 is 1.20 bits per heavy atom.